The van der Waals surface area contributed by atoms with Gasteiger partial charge < -0.3 is 14.9 Å². The Kier molecular flexibility index (Phi) is 3.57. The van der Waals surface area contributed by atoms with Crippen LogP contribution < -0.4 is 5.32 Å². The molecule has 1 saturated heterocycles. The van der Waals surface area contributed by atoms with Crippen LogP contribution in [0.25, 0.3) is 11.4 Å². The van der Waals surface area contributed by atoms with Gasteiger partial charge >= 0.3 is 0 Å². The molecule has 1 aliphatic rings. The Bertz CT molecular complexity index is 626. The average Bonchev–Trinajstić information content (AvgIpc) is 2.90. The van der Waals surface area contributed by atoms with E-state index >= 15 is 0 Å². The first kappa shape index (κ1) is 13.7. The molecule has 106 valence electrons. The molecule has 3 rings (SSSR count). The van der Waals surface area contributed by atoms with Crippen LogP contribution in [0.4, 0.5) is 4.39 Å². The summed E-state index contributed by atoms with van der Waals surface area (Å²) in [4.78, 5) is 4.25. The second-order valence-corrected chi connectivity index (χ2v) is 5.71. The molecule has 1 aromatic heterocycles. The van der Waals surface area contributed by atoms with Gasteiger partial charge in [0.15, 0.2) is 5.60 Å². The van der Waals surface area contributed by atoms with Gasteiger partial charge in [0.25, 0.3) is 5.89 Å². The van der Waals surface area contributed by atoms with Crippen LogP contribution in [0.5, 0.6) is 0 Å². The van der Waals surface area contributed by atoms with E-state index in [2.05, 4.69) is 31.4 Å². The van der Waals surface area contributed by atoms with E-state index in [4.69, 9.17) is 4.52 Å². The third-order valence-electron chi connectivity index (χ3n) is 3.36. The van der Waals surface area contributed by atoms with E-state index in [1.54, 1.807) is 6.07 Å². The number of hydrogen-bond donors (Lipinski definition) is 2. The van der Waals surface area contributed by atoms with Gasteiger partial charge in [-0.1, -0.05) is 5.16 Å². The van der Waals surface area contributed by atoms with E-state index in [0.717, 1.165) is 13.0 Å². The second kappa shape index (κ2) is 5.23. The highest BCUT2D eigenvalue weighted by molar-refractivity contribution is 9.10. The Morgan fingerprint density at radius 1 is 1.45 bits per heavy atom. The van der Waals surface area contributed by atoms with Gasteiger partial charge in [0.2, 0.25) is 5.82 Å². The van der Waals surface area contributed by atoms with Crippen molar-refractivity contribution in [2.75, 3.05) is 13.1 Å². The van der Waals surface area contributed by atoms with Gasteiger partial charge in [-0.15, -0.1) is 0 Å². The molecule has 5 nitrogen and oxygen atoms in total. The van der Waals surface area contributed by atoms with Crippen LogP contribution in [0.2, 0.25) is 0 Å². The van der Waals surface area contributed by atoms with Crippen molar-refractivity contribution in [1.29, 1.82) is 0 Å². The Hall–Kier alpha value is -1.31. The van der Waals surface area contributed by atoms with E-state index < -0.39 is 5.60 Å². The molecule has 1 unspecified atom stereocenters. The lowest BCUT2D eigenvalue weighted by atomic mass is 9.94. The molecular formula is C13H13BrFN3O2. The molecule has 0 amide bonds. The van der Waals surface area contributed by atoms with Crippen LogP contribution in [0.15, 0.2) is 27.2 Å². The SMILES string of the molecule is OC1(c2nc(-c3ccc(F)cc3Br)no2)CCCNC1. The van der Waals surface area contributed by atoms with Crippen molar-refractivity contribution in [3.8, 4) is 11.4 Å². The number of β-amino-alcohol motifs (C(OH)–C–C–N with tert-alkyl or cyclic N) is 1. The topological polar surface area (TPSA) is 71.2 Å². The predicted molar refractivity (Wildman–Crippen MR) is 73.4 cm³/mol. The number of aliphatic hydroxyl groups is 1. The van der Waals surface area contributed by atoms with Crippen molar-refractivity contribution >= 4 is 15.9 Å². The second-order valence-electron chi connectivity index (χ2n) is 4.86. The third kappa shape index (κ3) is 2.48. The average molecular weight is 342 g/mol. The minimum Gasteiger partial charge on any atom is -0.379 e. The summed E-state index contributed by atoms with van der Waals surface area (Å²) in [7, 11) is 0. The van der Waals surface area contributed by atoms with E-state index in [0.29, 0.717) is 28.8 Å². The number of aromatic nitrogens is 2. The van der Waals surface area contributed by atoms with E-state index in [9.17, 15) is 9.50 Å². The number of hydrogen-bond acceptors (Lipinski definition) is 5. The molecule has 0 aliphatic carbocycles. The van der Waals surface area contributed by atoms with E-state index in [1.807, 2.05) is 0 Å². The first-order chi connectivity index (χ1) is 9.58. The van der Waals surface area contributed by atoms with E-state index in [1.165, 1.54) is 12.1 Å². The van der Waals surface area contributed by atoms with Crippen molar-refractivity contribution in [3.63, 3.8) is 0 Å². The first-order valence-electron chi connectivity index (χ1n) is 6.31. The summed E-state index contributed by atoms with van der Waals surface area (Å²) < 4.78 is 18.8. The van der Waals surface area contributed by atoms with Gasteiger partial charge in [-0.2, -0.15) is 4.98 Å². The number of halogens is 2. The van der Waals surface area contributed by atoms with Crippen LogP contribution in [0.1, 0.15) is 18.7 Å². The van der Waals surface area contributed by atoms with E-state index in [-0.39, 0.29) is 11.7 Å². The highest BCUT2D eigenvalue weighted by atomic mass is 79.9. The zero-order chi connectivity index (χ0) is 14.2. The van der Waals surface area contributed by atoms with Crippen LogP contribution in [-0.4, -0.2) is 28.3 Å². The number of nitrogens with zero attached hydrogens (tertiary/aromatic N) is 2. The summed E-state index contributed by atoms with van der Waals surface area (Å²) >= 11 is 3.27. The smallest absolute Gasteiger partial charge is 0.260 e. The van der Waals surface area contributed by atoms with Gasteiger partial charge in [-0.3, -0.25) is 0 Å². The zero-order valence-corrected chi connectivity index (χ0v) is 12.2. The van der Waals surface area contributed by atoms with Crippen molar-refractivity contribution in [2.24, 2.45) is 0 Å². The highest BCUT2D eigenvalue weighted by Gasteiger charge is 2.37. The van der Waals surface area contributed by atoms with Gasteiger partial charge in [0.05, 0.1) is 0 Å². The summed E-state index contributed by atoms with van der Waals surface area (Å²) in [6.45, 7) is 1.26. The van der Waals surface area contributed by atoms with Crippen LogP contribution in [-0.2, 0) is 5.60 Å². The van der Waals surface area contributed by atoms with Crippen LogP contribution in [0.3, 0.4) is 0 Å². The van der Waals surface area contributed by atoms with Crippen molar-refractivity contribution in [2.45, 2.75) is 18.4 Å². The lowest BCUT2D eigenvalue weighted by molar-refractivity contribution is -0.0167. The maximum absolute atomic E-state index is 13.1. The van der Waals surface area contributed by atoms with Crippen molar-refractivity contribution in [1.82, 2.24) is 15.5 Å². The molecule has 2 aromatic rings. The molecule has 0 radical (unpaired) electrons. The quantitative estimate of drug-likeness (QED) is 0.876. The molecule has 0 saturated carbocycles. The fourth-order valence-corrected chi connectivity index (χ4v) is 2.79. The summed E-state index contributed by atoms with van der Waals surface area (Å²) in [5, 5.41) is 17.5. The lowest BCUT2D eigenvalue weighted by Gasteiger charge is -2.28. The summed E-state index contributed by atoms with van der Waals surface area (Å²) in [5.74, 6) is 0.168. The molecule has 20 heavy (non-hydrogen) atoms. The third-order valence-corrected chi connectivity index (χ3v) is 4.01. The van der Waals surface area contributed by atoms with Gasteiger partial charge in [0.1, 0.15) is 5.82 Å². The maximum atomic E-state index is 13.1. The molecule has 7 heteroatoms. The summed E-state index contributed by atoms with van der Waals surface area (Å²) in [6, 6.07) is 4.23. The van der Waals surface area contributed by atoms with Crippen LogP contribution >= 0.6 is 15.9 Å². The Balaban J connectivity index is 1.93. The standard InChI is InChI=1S/C13H13BrFN3O2/c14-10-6-8(15)2-3-9(10)11-17-12(20-18-11)13(19)4-1-5-16-7-13/h2-3,6,16,19H,1,4-5,7H2. The summed E-state index contributed by atoms with van der Waals surface area (Å²) in [5.41, 5.74) is -0.510. The molecule has 1 aliphatic heterocycles. The zero-order valence-electron chi connectivity index (χ0n) is 10.6. The Morgan fingerprint density at radius 3 is 3.00 bits per heavy atom. The normalized spacial score (nSPS) is 22.9. The fraction of sp³-hybridized carbons (Fsp3) is 0.385. The largest absolute Gasteiger partial charge is 0.379 e. The molecular weight excluding hydrogens is 329 g/mol. The summed E-state index contributed by atoms with van der Waals surface area (Å²) in [6.07, 6.45) is 1.42. The molecule has 1 aromatic carbocycles. The maximum Gasteiger partial charge on any atom is 0.260 e. The molecule has 0 bridgehead atoms. The van der Waals surface area contributed by atoms with Gasteiger partial charge in [-0.25, -0.2) is 4.39 Å². The molecule has 2 heterocycles. The minimum absolute atomic E-state index is 0.191. The van der Waals surface area contributed by atoms with Crippen molar-refractivity contribution in [3.05, 3.63) is 34.4 Å². The van der Waals surface area contributed by atoms with Crippen LogP contribution in [0, 0.1) is 5.82 Å². The molecule has 0 spiro atoms. The Labute approximate surface area is 123 Å². The van der Waals surface area contributed by atoms with Gasteiger partial charge in [0, 0.05) is 16.6 Å². The number of benzene rings is 1. The number of nitrogens with one attached hydrogen (secondary N) is 1. The first-order valence-corrected chi connectivity index (χ1v) is 7.10. The van der Waals surface area contributed by atoms with Crippen molar-refractivity contribution < 1.29 is 14.0 Å². The predicted octanol–water partition coefficient (Wildman–Crippen LogP) is 2.21. The lowest BCUT2D eigenvalue weighted by Crippen LogP contribution is -2.43. The minimum atomic E-state index is -1.13. The van der Waals surface area contributed by atoms with Gasteiger partial charge in [-0.05, 0) is 53.5 Å². The fourth-order valence-electron chi connectivity index (χ4n) is 2.26. The molecule has 1 fully saturated rings. The highest BCUT2D eigenvalue weighted by Crippen LogP contribution is 2.31. The number of rotatable bonds is 2. The molecule has 1 atom stereocenters. The number of piperidine rings is 1. The molecule has 2 N–H and O–H groups in total. The Morgan fingerprint density at radius 2 is 2.30 bits per heavy atom. The monoisotopic (exact) mass is 341 g/mol.